The maximum Gasteiger partial charge on any atom is 0.159 e. The fourth-order valence-corrected chi connectivity index (χ4v) is 3.85. The van der Waals surface area contributed by atoms with Gasteiger partial charge in [0.25, 0.3) is 0 Å². The molecule has 0 aliphatic carbocycles. The average molecular weight is 521 g/mol. The highest BCUT2D eigenvalue weighted by Gasteiger charge is 2.21. The van der Waals surface area contributed by atoms with Crippen LogP contribution in [-0.2, 0) is 11.2 Å². The van der Waals surface area contributed by atoms with Gasteiger partial charge in [0.2, 0.25) is 0 Å². The molecule has 2 aromatic carbocycles. The van der Waals surface area contributed by atoms with E-state index in [4.69, 9.17) is 0 Å². The number of benzene rings is 2. The minimum atomic E-state index is -0.229. The molecule has 38 heavy (non-hydrogen) atoms. The molecule has 0 saturated carbocycles. The Morgan fingerprint density at radius 1 is 0.947 bits per heavy atom. The zero-order valence-electron chi connectivity index (χ0n) is 26.1. The Balaban J connectivity index is 0. The molecule has 0 atom stereocenters. The molecule has 0 unspecified atom stereocenters. The van der Waals surface area contributed by atoms with E-state index in [0.717, 1.165) is 45.4 Å². The van der Waals surface area contributed by atoms with Crippen LogP contribution in [0.3, 0.4) is 0 Å². The summed E-state index contributed by atoms with van der Waals surface area (Å²) in [6, 6.07) is 13.1. The van der Waals surface area contributed by atoms with Gasteiger partial charge in [0, 0.05) is 12.0 Å². The summed E-state index contributed by atoms with van der Waals surface area (Å²) in [5.41, 5.74) is 7.42. The van der Waals surface area contributed by atoms with Crippen LogP contribution in [0.5, 0.6) is 0 Å². The van der Waals surface area contributed by atoms with E-state index in [0.29, 0.717) is 24.8 Å². The molecular formula is C36H53FO. The molecule has 0 N–H and O–H groups in total. The standard InChI is InChI=1S/C30H35FO.3C2H6/c1-7-9-14-25(21(3)4)30(27-20-22(5)16-17-23(27)6)26(29(32)12-8-2)19-18-24-13-10-11-15-28(24)31;3*1-2/h7,9-11,13-17,20H,3,8,12,18-19H2,1-2,4-6H3;3*1-2H3/b9-7-,25-14+,30-26+;;;. The van der Waals surface area contributed by atoms with Crippen molar-refractivity contribution in [1.29, 1.82) is 0 Å². The normalized spacial score (nSPS) is 11.2. The molecule has 0 spiro atoms. The summed E-state index contributed by atoms with van der Waals surface area (Å²) in [6.45, 7) is 26.3. The largest absolute Gasteiger partial charge is 0.295 e. The average Bonchev–Trinajstić information content (AvgIpc) is 2.93. The lowest BCUT2D eigenvalue weighted by atomic mass is 9.82. The molecule has 2 heteroatoms. The van der Waals surface area contributed by atoms with Crippen molar-refractivity contribution in [3.05, 3.63) is 112 Å². The van der Waals surface area contributed by atoms with Gasteiger partial charge >= 0.3 is 0 Å². The predicted octanol–water partition coefficient (Wildman–Crippen LogP) is 11.4. The molecule has 0 aliphatic heterocycles. The molecule has 0 radical (unpaired) electrons. The Kier molecular flexibility index (Phi) is 21.5. The van der Waals surface area contributed by atoms with E-state index >= 15 is 0 Å². The van der Waals surface area contributed by atoms with E-state index < -0.39 is 0 Å². The Bertz CT molecular complexity index is 1070. The SMILES string of the molecule is C=C(C)C(=C\C=C/C)/C(=C(/CCc1ccccc1F)C(=O)CCC)c1cc(C)ccc1C.CC.CC.CC. The molecule has 0 saturated heterocycles. The van der Waals surface area contributed by atoms with Crippen LogP contribution >= 0.6 is 0 Å². The third-order valence-electron chi connectivity index (χ3n) is 5.56. The number of carbonyl (C=O) groups excluding carboxylic acids is 1. The van der Waals surface area contributed by atoms with Gasteiger partial charge in [-0.15, -0.1) is 0 Å². The summed E-state index contributed by atoms with van der Waals surface area (Å²) in [7, 11) is 0. The van der Waals surface area contributed by atoms with E-state index in [1.165, 1.54) is 6.07 Å². The number of hydrogen-bond donors (Lipinski definition) is 0. The minimum absolute atomic E-state index is 0.118. The van der Waals surface area contributed by atoms with E-state index in [-0.39, 0.29) is 11.6 Å². The summed E-state index contributed by atoms with van der Waals surface area (Å²) in [5, 5.41) is 0. The highest BCUT2D eigenvalue weighted by Crippen LogP contribution is 2.36. The molecule has 0 aromatic heterocycles. The molecule has 0 aliphatic rings. The first-order chi connectivity index (χ1) is 18.3. The van der Waals surface area contributed by atoms with Gasteiger partial charge in [-0.3, -0.25) is 4.79 Å². The van der Waals surface area contributed by atoms with Crippen LogP contribution in [0.25, 0.3) is 5.57 Å². The van der Waals surface area contributed by atoms with Crippen molar-refractivity contribution in [2.24, 2.45) is 0 Å². The number of aryl methyl sites for hydroxylation is 3. The second-order valence-electron chi connectivity index (χ2n) is 8.32. The van der Waals surface area contributed by atoms with Gasteiger partial charge in [0.15, 0.2) is 5.78 Å². The zero-order valence-corrected chi connectivity index (χ0v) is 26.1. The lowest BCUT2D eigenvalue weighted by Gasteiger charge is -2.21. The van der Waals surface area contributed by atoms with Crippen LogP contribution in [-0.4, -0.2) is 5.78 Å². The first-order valence-electron chi connectivity index (χ1n) is 14.4. The maximum absolute atomic E-state index is 14.3. The monoisotopic (exact) mass is 520 g/mol. The highest BCUT2D eigenvalue weighted by atomic mass is 19.1. The van der Waals surface area contributed by atoms with Gasteiger partial charge in [-0.05, 0) is 80.9 Å². The second kappa shape index (κ2) is 22.0. The Morgan fingerprint density at radius 3 is 2.08 bits per heavy atom. The lowest BCUT2D eigenvalue weighted by Crippen LogP contribution is -2.10. The molecule has 0 heterocycles. The number of halogens is 1. The van der Waals surface area contributed by atoms with Crippen LogP contribution in [0.15, 0.2) is 84.0 Å². The highest BCUT2D eigenvalue weighted by molar-refractivity contribution is 6.07. The van der Waals surface area contributed by atoms with E-state index in [9.17, 15) is 9.18 Å². The van der Waals surface area contributed by atoms with Crippen LogP contribution in [0, 0.1) is 19.7 Å². The van der Waals surface area contributed by atoms with E-state index in [2.05, 4.69) is 38.6 Å². The number of Topliss-reactive ketones (excluding diaryl/α,β-unsaturated/α-hetero) is 1. The Morgan fingerprint density at radius 2 is 1.55 bits per heavy atom. The van der Waals surface area contributed by atoms with Gasteiger partial charge in [-0.25, -0.2) is 4.39 Å². The number of allylic oxidation sites excluding steroid dienone is 7. The molecule has 1 nitrogen and oxygen atoms in total. The van der Waals surface area contributed by atoms with E-state index in [1.807, 2.05) is 86.6 Å². The second-order valence-corrected chi connectivity index (χ2v) is 8.32. The van der Waals surface area contributed by atoms with Crippen molar-refractivity contribution in [3.63, 3.8) is 0 Å². The first kappa shape index (κ1) is 37.2. The molecular weight excluding hydrogens is 467 g/mol. The Labute approximate surface area is 234 Å². The van der Waals surface area contributed by atoms with Crippen molar-refractivity contribution < 1.29 is 9.18 Å². The molecule has 2 aromatic rings. The molecule has 0 amide bonds. The van der Waals surface area contributed by atoms with Crippen LogP contribution < -0.4 is 0 Å². The minimum Gasteiger partial charge on any atom is -0.295 e. The number of rotatable bonds is 10. The number of ketones is 1. The van der Waals surface area contributed by atoms with Gasteiger partial charge in [-0.2, -0.15) is 0 Å². The summed E-state index contributed by atoms with van der Waals surface area (Å²) < 4.78 is 14.3. The fraction of sp³-hybridized carbons (Fsp3) is 0.417. The van der Waals surface area contributed by atoms with Crippen molar-refractivity contribution in [3.8, 4) is 0 Å². The van der Waals surface area contributed by atoms with E-state index in [1.54, 1.807) is 12.1 Å². The fourth-order valence-electron chi connectivity index (χ4n) is 3.85. The topological polar surface area (TPSA) is 17.1 Å². The van der Waals surface area contributed by atoms with Gasteiger partial charge in [-0.1, -0.05) is 121 Å². The van der Waals surface area contributed by atoms with Gasteiger partial charge in [0.05, 0.1) is 0 Å². The number of carbonyl (C=O) groups is 1. The zero-order chi connectivity index (χ0) is 29.7. The van der Waals surface area contributed by atoms with Crippen molar-refractivity contribution in [2.45, 2.75) is 102 Å². The number of hydrogen-bond acceptors (Lipinski definition) is 1. The van der Waals surface area contributed by atoms with Crippen molar-refractivity contribution in [2.75, 3.05) is 0 Å². The van der Waals surface area contributed by atoms with Crippen molar-refractivity contribution in [1.82, 2.24) is 0 Å². The molecule has 2 rings (SSSR count). The molecule has 0 fully saturated rings. The van der Waals surface area contributed by atoms with Crippen LogP contribution in [0.4, 0.5) is 4.39 Å². The molecule has 0 bridgehead atoms. The summed E-state index contributed by atoms with van der Waals surface area (Å²) in [6.07, 6.45) is 8.16. The Hall–Kier alpha value is -3.00. The van der Waals surface area contributed by atoms with Crippen LogP contribution in [0.1, 0.15) is 104 Å². The van der Waals surface area contributed by atoms with Gasteiger partial charge in [0.1, 0.15) is 5.82 Å². The summed E-state index contributed by atoms with van der Waals surface area (Å²) in [5.74, 6) is -0.111. The quantitative estimate of drug-likeness (QED) is 0.225. The summed E-state index contributed by atoms with van der Waals surface area (Å²) in [4.78, 5) is 13.4. The molecule has 210 valence electrons. The maximum atomic E-state index is 14.3. The third-order valence-corrected chi connectivity index (χ3v) is 5.56. The lowest BCUT2D eigenvalue weighted by molar-refractivity contribution is -0.115. The van der Waals surface area contributed by atoms with Crippen LogP contribution in [0.2, 0.25) is 0 Å². The van der Waals surface area contributed by atoms with Gasteiger partial charge < -0.3 is 0 Å². The smallest absolute Gasteiger partial charge is 0.159 e. The first-order valence-corrected chi connectivity index (χ1v) is 14.4. The summed E-state index contributed by atoms with van der Waals surface area (Å²) >= 11 is 0. The van der Waals surface area contributed by atoms with Crippen molar-refractivity contribution >= 4 is 11.4 Å². The predicted molar refractivity (Wildman–Crippen MR) is 169 cm³/mol. The third kappa shape index (κ3) is 12.0.